The van der Waals surface area contributed by atoms with Crippen LogP contribution in [0.25, 0.3) is 0 Å². The van der Waals surface area contributed by atoms with Crippen LogP contribution in [0.2, 0.25) is 0 Å². The van der Waals surface area contributed by atoms with Crippen molar-refractivity contribution >= 4 is 16.0 Å². The van der Waals surface area contributed by atoms with Gasteiger partial charge in [0.05, 0.1) is 4.90 Å². The molecular formula is C23H31NO5S. The molecule has 0 aliphatic carbocycles. The van der Waals surface area contributed by atoms with Gasteiger partial charge < -0.3 is 9.84 Å². The Bertz CT molecular complexity index is 952. The van der Waals surface area contributed by atoms with E-state index >= 15 is 0 Å². The first kappa shape index (κ1) is 23.9. The fourth-order valence-corrected chi connectivity index (χ4v) is 4.72. The molecule has 2 aromatic carbocycles. The molecule has 0 aliphatic heterocycles. The lowest BCUT2D eigenvalue weighted by Crippen LogP contribution is -2.37. The van der Waals surface area contributed by atoms with E-state index in [9.17, 15) is 13.2 Å². The van der Waals surface area contributed by atoms with Crippen molar-refractivity contribution in [3.63, 3.8) is 0 Å². The number of rotatable bonds is 11. The summed E-state index contributed by atoms with van der Waals surface area (Å²) in [6, 6.07) is 14.2. The quantitative estimate of drug-likeness (QED) is 0.572. The number of sulfonamides is 1. The number of carboxylic acids is 1. The van der Waals surface area contributed by atoms with Gasteiger partial charge in [-0.2, -0.15) is 4.31 Å². The van der Waals surface area contributed by atoms with E-state index in [0.717, 1.165) is 17.5 Å². The molecule has 0 aliphatic rings. The van der Waals surface area contributed by atoms with E-state index in [1.165, 1.54) is 13.8 Å². The van der Waals surface area contributed by atoms with Crippen molar-refractivity contribution in [2.75, 3.05) is 13.1 Å². The molecular weight excluding hydrogens is 402 g/mol. The second-order valence-corrected chi connectivity index (χ2v) is 9.82. The Balaban J connectivity index is 2.00. The number of hydrogen-bond donors (Lipinski definition) is 1. The molecule has 6 nitrogen and oxygen atoms in total. The monoisotopic (exact) mass is 433 g/mol. The SMILES string of the molecule is CCCN(CCCc1ccc(OC(C)(C)C(=O)O)cc1)S(=O)(=O)c1cccc(C)c1. The third-order valence-electron chi connectivity index (χ3n) is 4.78. The molecule has 0 saturated carbocycles. The first-order valence-electron chi connectivity index (χ1n) is 10.1. The lowest BCUT2D eigenvalue weighted by atomic mass is 10.1. The maximum Gasteiger partial charge on any atom is 0.347 e. The van der Waals surface area contributed by atoms with E-state index < -0.39 is 21.6 Å². The highest BCUT2D eigenvalue weighted by atomic mass is 32.2. The van der Waals surface area contributed by atoms with Gasteiger partial charge in [0.25, 0.3) is 0 Å². The molecule has 0 radical (unpaired) electrons. The van der Waals surface area contributed by atoms with Crippen LogP contribution in [-0.4, -0.2) is 42.5 Å². The molecule has 2 aromatic rings. The summed E-state index contributed by atoms with van der Waals surface area (Å²) in [6.45, 7) is 7.77. The van der Waals surface area contributed by atoms with E-state index in [-0.39, 0.29) is 0 Å². The summed E-state index contributed by atoms with van der Waals surface area (Å²) in [7, 11) is -3.52. The summed E-state index contributed by atoms with van der Waals surface area (Å²) in [6.07, 6.45) is 2.15. The van der Waals surface area contributed by atoms with Crippen LogP contribution in [0.3, 0.4) is 0 Å². The standard InChI is InChI=1S/C23H31NO5S/c1-5-15-24(30(27,28)21-10-6-8-18(2)17-21)16-7-9-19-11-13-20(14-12-19)29-23(3,4)22(25)26/h6,8,10-14,17H,5,7,9,15-16H2,1-4H3,(H,25,26). The van der Waals surface area contributed by atoms with Gasteiger partial charge in [-0.25, -0.2) is 13.2 Å². The van der Waals surface area contributed by atoms with Crippen molar-refractivity contribution < 1.29 is 23.1 Å². The van der Waals surface area contributed by atoms with Gasteiger partial charge in [-0.1, -0.05) is 31.2 Å². The van der Waals surface area contributed by atoms with Crippen molar-refractivity contribution in [3.05, 3.63) is 59.7 Å². The molecule has 0 saturated heterocycles. The van der Waals surface area contributed by atoms with Crippen LogP contribution < -0.4 is 4.74 Å². The highest BCUT2D eigenvalue weighted by Gasteiger charge is 2.29. The van der Waals surface area contributed by atoms with Crippen molar-refractivity contribution in [1.82, 2.24) is 4.31 Å². The largest absolute Gasteiger partial charge is 0.478 e. The molecule has 0 spiro atoms. The topological polar surface area (TPSA) is 83.9 Å². The normalized spacial score (nSPS) is 12.2. The van der Waals surface area contributed by atoms with E-state index in [0.29, 0.717) is 36.6 Å². The van der Waals surface area contributed by atoms with Gasteiger partial charge >= 0.3 is 5.97 Å². The summed E-state index contributed by atoms with van der Waals surface area (Å²) in [4.78, 5) is 11.5. The van der Waals surface area contributed by atoms with E-state index in [1.54, 1.807) is 34.6 Å². The highest BCUT2D eigenvalue weighted by molar-refractivity contribution is 7.89. The van der Waals surface area contributed by atoms with Gasteiger partial charge in [0.2, 0.25) is 10.0 Å². The van der Waals surface area contributed by atoms with Crippen molar-refractivity contribution in [2.45, 2.75) is 57.5 Å². The fraction of sp³-hybridized carbons (Fsp3) is 0.435. The van der Waals surface area contributed by atoms with Crippen molar-refractivity contribution in [1.29, 1.82) is 0 Å². The Morgan fingerprint density at radius 1 is 1.10 bits per heavy atom. The number of carboxylic acid groups (broad SMARTS) is 1. The molecule has 7 heteroatoms. The van der Waals surface area contributed by atoms with E-state index in [1.807, 2.05) is 32.0 Å². The molecule has 2 rings (SSSR count). The third kappa shape index (κ3) is 6.31. The van der Waals surface area contributed by atoms with Crippen LogP contribution in [-0.2, 0) is 21.2 Å². The minimum atomic E-state index is -3.52. The molecule has 0 fully saturated rings. The Kier molecular flexibility index (Phi) is 8.03. The number of aliphatic carboxylic acids is 1. The molecule has 164 valence electrons. The van der Waals surface area contributed by atoms with E-state index in [4.69, 9.17) is 9.84 Å². The molecule has 1 N–H and O–H groups in total. The second kappa shape index (κ2) is 10.1. The maximum atomic E-state index is 13.0. The molecule has 0 amide bonds. The zero-order valence-corrected chi connectivity index (χ0v) is 18.9. The number of nitrogens with zero attached hydrogens (tertiary/aromatic N) is 1. The number of ether oxygens (including phenoxy) is 1. The summed E-state index contributed by atoms with van der Waals surface area (Å²) in [5.74, 6) is -0.543. The van der Waals surface area contributed by atoms with Crippen LogP contribution in [0.15, 0.2) is 53.4 Å². The van der Waals surface area contributed by atoms with Gasteiger partial charge in [-0.3, -0.25) is 0 Å². The number of carbonyl (C=O) groups is 1. The van der Waals surface area contributed by atoms with Crippen LogP contribution in [0, 0.1) is 6.92 Å². The zero-order chi connectivity index (χ0) is 22.4. The lowest BCUT2D eigenvalue weighted by molar-refractivity contribution is -0.152. The minimum Gasteiger partial charge on any atom is -0.478 e. The van der Waals surface area contributed by atoms with Gasteiger partial charge in [0.1, 0.15) is 5.75 Å². The summed E-state index contributed by atoms with van der Waals surface area (Å²) >= 11 is 0. The lowest BCUT2D eigenvalue weighted by Gasteiger charge is -2.22. The third-order valence-corrected chi connectivity index (χ3v) is 6.68. The number of aryl methyl sites for hydroxylation is 2. The molecule has 30 heavy (non-hydrogen) atoms. The average Bonchev–Trinajstić information content (AvgIpc) is 2.68. The Hall–Kier alpha value is -2.38. The maximum absolute atomic E-state index is 13.0. The predicted octanol–water partition coefficient (Wildman–Crippen LogP) is 4.27. The smallest absolute Gasteiger partial charge is 0.347 e. The van der Waals surface area contributed by atoms with Gasteiger partial charge in [-0.05, 0) is 75.4 Å². The van der Waals surface area contributed by atoms with Crippen molar-refractivity contribution in [2.24, 2.45) is 0 Å². The molecule has 0 bridgehead atoms. The Morgan fingerprint density at radius 3 is 2.33 bits per heavy atom. The number of hydrogen-bond acceptors (Lipinski definition) is 4. The average molecular weight is 434 g/mol. The van der Waals surface area contributed by atoms with Crippen LogP contribution in [0.5, 0.6) is 5.75 Å². The van der Waals surface area contributed by atoms with Crippen LogP contribution in [0.1, 0.15) is 44.7 Å². The molecule has 0 atom stereocenters. The summed E-state index contributed by atoms with van der Waals surface area (Å²) in [5, 5.41) is 9.15. The Morgan fingerprint density at radius 2 is 1.77 bits per heavy atom. The van der Waals surface area contributed by atoms with Crippen LogP contribution in [0.4, 0.5) is 0 Å². The molecule has 0 unspecified atom stereocenters. The fourth-order valence-electron chi connectivity index (χ4n) is 3.05. The summed E-state index contributed by atoms with van der Waals surface area (Å²) in [5.41, 5.74) is 0.660. The van der Waals surface area contributed by atoms with Crippen LogP contribution >= 0.6 is 0 Å². The van der Waals surface area contributed by atoms with Gasteiger partial charge in [0, 0.05) is 13.1 Å². The predicted molar refractivity (Wildman–Crippen MR) is 117 cm³/mol. The number of benzene rings is 2. The summed E-state index contributed by atoms with van der Waals surface area (Å²) < 4.78 is 33.1. The zero-order valence-electron chi connectivity index (χ0n) is 18.1. The second-order valence-electron chi connectivity index (χ2n) is 7.89. The van der Waals surface area contributed by atoms with Crippen molar-refractivity contribution in [3.8, 4) is 5.75 Å². The molecule has 0 aromatic heterocycles. The Labute approximate surface area is 179 Å². The van der Waals surface area contributed by atoms with Gasteiger partial charge in [-0.15, -0.1) is 0 Å². The highest BCUT2D eigenvalue weighted by Crippen LogP contribution is 2.21. The first-order chi connectivity index (χ1) is 14.1. The van der Waals surface area contributed by atoms with E-state index in [2.05, 4.69) is 0 Å². The van der Waals surface area contributed by atoms with Gasteiger partial charge in [0.15, 0.2) is 5.60 Å². The first-order valence-corrected chi connectivity index (χ1v) is 11.6. The minimum absolute atomic E-state index is 0.332. The molecule has 0 heterocycles.